The van der Waals surface area contributed by atoms with Gasteiger partial charge in [-0.05, 0) is 35.7 Å². The van der Waals surface area contributed by atoms with Crippen molar-refractivity contribution in [3.8, 4) is 17.2 Å². The van der Waals surface area contributed by atoms with Crippen molar-refractivity contribution >= 4 is 6.03 Å². The minimum atomic E-state index is -0.230. The number of fused-ring (bicyclic) bond motifs is 1. The monoisotopic (exact) mass is 370 g/mol. The summed E-state index contributed by atoms with van der Waals surface area (Å²) in [5.41, 5.74) is 1.03. The molecule has 0 bridgehead atoms. The van der Waals surface area contributed by atoms with Crippen molar-refractivity contribution in [1.82, 2.24) is 10.6 Å². The Hall–Kier alpha value is -2.89. The second-order valence-electron chi connectivity index (χ2n) is 6.85. The third-order valence-electron chi connectivity index (χ3n) is 4.49. The number of carbonyl (C=O) groups excluding carboxylic acids is 1. The van der Waals surface area contributed by atoms with E-state index in [1.54, 1.807) is 7.11 Å². The molecule has 144 valence electrons. The molecule has 27 heavy (non-hydrogen) atoms. The van der Waals surface area contributed by atoms with Crippen molar-refractivity contribution in [3.05, 3.63) is 54.1 Å². The molecular formula is C21H26N2O4. The van der Waals surface area contributed by atoms with Crippen molar-refractivity contribution in [2.75, 3.05) is 20.3 Å². The summed E-state index contributed by atoms with van der Waals surface area (Å²) in [6.45, 7) is 4.92. The highest BCUT2D eigenvalue weighted by Gasteiger charge is 2.22. The van der Waals surface area contributed by atoms with Gasteiger partial charge >= 0.3 is 6.03 Å². The molecule has 2 atom stereocenters. The number of hydrogen-bond donors (Lipinski definition) is 2. The SMILES string of the molecule is COc1ccc(C(NC(=O)NCC2COc3ccccc3O2)C(C)C)cc1. The summed E-state index contributed by atoms with van der Waals surface area (Å²) in [5.74, 6) is 2.47. The molecular weight excluding hydrogens is 344 g/mol. The van der Waals surface area contributed by atoms with Crippen LogP contribution in [0.15, 0.2) is 48.5 Å². The maximum atomic E-state index is 12.4. The lowest BCUT2D eigenvalue weighted by molar-refractivity contribution is 0.0916. The van der Waals surface area contributed by atoms with Gasteiger partial charge in [0, 0.05) is 0 Å². The molecule has 1 aliphatic rings. The first-order valence-corrected chi connectivity index (χ1v) is 9.13. The molecule has 2 amide bonds. The van der Waals surface area contributed by atoms with Crippen LogP contribution in [-0.4, -0.2) is 32.4 Å². The third kappa shape index (κ3) is 4.84. The number of ether oxygens (including phenoxy) is 3. The van der Waals surface area contributed by atoms with Crippen LogP contribution in [0, 0.1) is 5.92 Å². The highest BCUT2D eigenvalue weighted by molar-refractivity contribution is 5.74. The van der Waals surface area contributed by atoms with Crippen molar-refractivity contribution < 1.29 is 19.0 Å². The van der Waals surface area contributed by atoms with E-state index in [0.29, 0.717) is 18.9 Å². The van der Waals surface area contributed by atoms with Crippen molar-refractivity contribution in [1.29, 1.82) is 0 Å². The summed E-state index contributed by atoms with van der Waals surface area (Å²) in [4.78, 5) is 12.4. The van der Waals surface area contributed by atoms with E-state index in [0.717, 1.165) is 17.1 Å². The number of carbonyl (C=O) groups is 1. The molecule has 0 saturated carbocycles. The van der Waals surface area contributed by atoms with E-state index in [4.69, 9.17) is 14.2 Å². The molecule has 1 heterocycles. The number of urea groups is 1. The summed E-state index contributed by atoms with van der Waals surface area (Å²) < 4.78 is 16.7. The van der Waals surface area contributed by atoms with Gasteiger partial charge in [-0.2, -0.15) is 0 Å². The lowest BCUT2D eigenvalue weighted by atomic mass is 9.96. The molecule has 0 aliphatic carbocycles. The van der Waals surface area contributed by atoms with Gasteiger partial charge < -0.3 is 24.8 Å². The average molecular weight is 370 g/mol. The fourth-order valence-electron chi connectivity index (χ4n) is 3.01. The Bertz CT molecular complexity index is 761. The molecule has 2 unspecified atom stereocenters. The van der Waals surface area contributed by atoms with Crippen molar-refractivity contribution in [2.24, 2.45) is 5.92 Å². The van der Waals surface area contributed by atoms with Crippen molar-refractivity contribution in [3.63, 3.8) is 0 Å². The molecule has 0 radical (unpaired) electrons. The van der Waals surface area contributed by atoms with Crippen LogP contribution in [-0.2, 0) is 0 Å². The van der Waals surface area contributed by atoms with Crippen LogP contribution in [0.5, 0.6) is 17.2 Å². The van der Waals surface area contributed by atoms with Crippen LogP contribution in [0.1, 0.15) is 25.5 Å². The zero-order chi connectivity index (χ0) is 19.2. The molecule has 0 spiro atoms. The Morgan fingerprint density at radius 3 is 2.52 bits per heavy atom. The summed E-state index contributed by atoms with van der Waals surface area (Å²) in [5, 5.41) is 5.92. The number of rotatable bonds is 6. The van der Waals surface area contributed by atoms with E-state index in [1.807, 2.05) is 48.5 Å². The largest absolute Gasteiger partial charge is 0.497 e. The number of methoxy groups -OCH3 is 1. The second kappa shape index (κ2) is 8.66. The molecule has 6 nitrogen and oxygen atoms in total. The maximum absolute atomic E-state index is 12.4. The maximum Gasteiger partial charge on any atom is 0.315 e. The smallest absolute Gasteiger partial charge is 0.315 e. The summed E-state index contributed by atoms with van der Waals surface area (Å²) in [6.07, 6.45) is -0.218. The van der Waals surface area contributed by atoms with Crippen LogP contribution in [0.3, 0.4) is 0 Å². The lowest BCUT2D eigenvalue weighted by Crippen LogP contribution is -2.46. The van der Waals surface area contributed by atoms with E-state index in [9.17, 15) is 4.79 Å². The number of nitrogens with one attached hydrogen (secondary N) is 2. The zero-order valence-corrected chi connectivity index (χ0v) is 15.9. The standard InChI is InChI=1S/C21H26N2O4/c1-14(2)20(15-8-10-16(25-3)11-9-15)23-21(24)22-12-17-13-26-18-6-4-5-7-19(18)27-17/h4-11,14,17,20H,12-13H2,1-3H3,(H2,22,23,24). The number of benzene rings is 2. The molecule has 3 rings (SSSR count). The quantitative estimate of drug-likeness (QED) is 0.816. The van der Waals surface area contributed by atoms with Gasteiger partial charge in [-0.3, -0.25) is 0 Å². The van der Waals surface area contributed by atoms with E-state index >= 15 is 0 Å². The lowest BCUT2D eigenvalue weighted by Gasteiger charge is -2.27. The number of amides is 2. The minimum absolute atomic E-state index is 0.0971. The number of hydrogen-bond acceptors (Lipinski definition) is 4. The Labute approximate surface area is 159 Å². The topological polar surface area (TPSA) is 68.8 Å². The fourth-order valence-corrected chi connectivity index (χ4v) is 3.01. The second-order valence-corrected chi connectivity index (χ2v) is 6.85. The van der Waals surface area contributed by atoms with Gasteiger partial charge in [0.15, 0.2) is 17.6 Å². The van der Waals surface area contributed by atoms with Crippen LogP contribution in [0.4, 0.5) is 4.79 Å². The molecule has 6 heteroatoms. The summed E-state index contributed by atoms with van der Waals surface area (Å²) >= 11 is 0. The van der Waals surface area contributed by atoms with Crippen LogP contribution >= 0.6 is 0 Å². The first kappa shape index (κ1) is 18.9. The van der Waals surface area contributed by atoms with Gasteiger partial charge in [0.2, 0.25) is 0 Å². The van der Waals surface area contributed by atoms with Gasteiger partial charge in [0.1, 0.15) is 12.4 Å². The Morgan fingerprint density at radius 2 is 1.85 bits per heavy atom. The average Bonchev–Trinajstić information content (AvgIpc) is 2.70. The third-order valence-corrected chi connectivity index (χ3v) is 4.49. The van der Waals surface area contributed by atoms with Gasteiger partial charge in [-0.1, -0.05) is 38.1 Å². The van der Waals surface area contributed by atoms with E-state index in [-0.39, 0.29) is 24.1 Å². The first-order chi connectivity index (χ1) is 13.1. The Morgan fingerprint density at radius 1 is 1.15 bits per heavy atom. The van der Waals surface area contributed by atoms with Gasteiger partial charge in [0.05, 0.1) is 19.7 Å². The molecule has 0 saturated heterocycles. The molecule has 2 aromatic carbocycles. The summed E-state index contributed by atoms with van der Waals surface area (Å²) in [7, 11) is 1.63. The zero-order valence-electron chi connectivity index (χ0n) is 15.9. The molecule has 0 fully saturated rings. The molecule has 2 aromatic rings. The Balaban J connectivity index is 1.54. The fraction of sp³-hybridized carbons (Fsp3) is 0.381. The van der Waals surface area contributed by atoms with Gasteiger partial charge in [-0.15, -0.1) is 0 Å². The van der Waals surface area contributed by atoms with E-state index < -0.39 is 0 Å². The molecule has 2 N–H and O–H groups in total. The predicted octanol–water partition coefficient (Wildman–Crippen LogP) is 3.53. The normalized spacial score (nSPS) is 16.5. The number of para-hydroxylation sites is 2. The predicted molar refractivity (Wildman–Crippen MR) is 103 cm³/mol. The van der Waals surface area contributed by atoms with E-state index in [2.05, 4.69) is 24.5 Å². The summed E-state index contributed by atoms with van der Waals surface area (Å²) in [6, 6.07) is 14.9. The first-order valence-electron chi connectivity index (χ1n) is 9.13. The van der Waals surface area contributed by atoms with Crippen molar-refractivity contribution in [2.45, 2.75) is 26.0 Å². The van der Waals surface area contributed by atoms with Crippen LogP contribution < -0.4 is 24.8 Å². The van der Waals surface area contributed by atoms with Crippen LogP contribution in [0.2, 0.25) is 0 Å². The van der Waals surface area contributed by atoms with Crippen LogP contribution in [0.25, 0.3) is 0 Å². The minimum Gasteiger partial charge on any atom is -0.497 e. The molecule has 1 aliphatic heterocycles. The van der Waals surface area contributed by atoms with Gasteiger partial charge in [0.25, 0.3) is 0 Å². The van der Waals surface area contributed by atoms with Gasteiger partial charge in [-0.25, -0.2) is 4.79 Å². The van der Waals surface area contributed by atoms with E-state index in [1.165, 1.54) is 0 Å². The molecule has 0 aromatic heterocycles. The highest BCUT2D eigenvalue weighted by atomic mass is 16.6. The highest BCUT2D eigenvalue weighted by Crippen LogP contribution is 2.30. The Kier molecular flexibility index (Phi) is 6.06.